The maximum atomic E-state index is 12.5. The second kappa shape index (κ2) is 4.97. The number of halogens is 2. The third-order valence-electron chi connectivity index (χ3n) is 4.97. The molecule has 22 heavy (non-hydrogen) atoms. The Bertz CT molecular complexity index is 517. The highest BCUT2D eigenvalue weighted by Gasteiger charge is 2.87. The van der Waals surface area contributed by atoms with Gasteiger partial charge < -0.3 is 18.9 Å². The lowest BCUT2D eigenvalue weighted by molar-refractivity contribution is -0.241. The van der Waals surface area contributed by atoms with E-state index in [2.05, 4.69) is 0 Å². The van der Waals surface area contributed by atoms with E-state index < -0.39 is 44.9 Å². The van der Waals surface area contributed by atoms with Gasteiger partial charge in [0.2, 0.25) is 15.5 Å². The summed E-state index contributed by atoms with van der Waals surface area (Å²) in [7, 11) is 3.76. The molecule has 0 spiro atoms. The minimum Gasteiger partial charge on any atom is -0.468 e. The Morgan fingerprint density at radius 3 is 2.09 bits per heavy atom. The van der Waals surface area contributed by atoms with Gasteiger partial charge in [0, 0.05) is 26.1 Å². The smallest absolute Gasteiger partial charge is 0.333 e. The van der Waals surface area contributed by atoms with Crippen LogP contribution >= 0.6 is 23.2 Å². The molecular weight excluding hydrogens is 335 g/mol. The monoisotopic (exact) mass is 354 g/mol. The van der Waals surface area contributed by atoms with Crippen LogP contribution in [-0.2, 0) is 28.5 Å². The van der Waals surface area contributed by atoms with Gasteiger partial charge in [-0.1, -0.05) is 6.92 Å². The molecule has 2 aliphatic rings. The molecule has 0 aromatic carbocycles. The number of hydrogen-bond acceptors (Lipinski definition) is 6. The van der Waals surface area contributed by atoms with Crippen LogP contribution in [0.5, 0.6) is 0 Å². The molecule has 0 aromatic heterocycles. The van der Waals surface area contributed by atoms with Crippen LogP contribution < -0.4 is 0 Å². The fraction of sp³-hybridized carbons (Fsp3) is 0.857. The molecule has 2 fully saturated rings. The van der Waals surface area contributed by atoms with Crippen LogP contribution in [0, 0.1) is 11.8 Å². The standard InChI is InChI=1S/C14H20Cl2O6/c1-7-8-11(2,3)22-10(18)13(8,16)14(20-5,21-6)12(7,15)9(17)19-4/h7-8H,1-6H3/t7-,8?,12+,13-/m0/s1. The van der Waals surface area contributed by atoms with Crippen LogP contribution in [-0.4, -0.2) is 54.4 Å². The third kappa shape index (κ3) is 1.59. The zero-order valence-electron chi connectivity index (χ0n) is 13.4. The predicted molar refractivity (Wildman–Crippen MR) is 78.8 cm³/mol. The molecule has 1 heterocycles. The van der Waals surface area contributed by atoms with Crippen molar-refractivity contribution in [1.82, 2.24) is 0 Å². The summed E-state index contributed by atoms with van der Waals surface area (Å²) in [6.07, 6.45) is 0. The molecule has 1 unspecified atom stereocenters. The Morgan fingerprint density at radius 2 is 1.68 bits per heavy atom. The Morgan fingerprint density at radius 1 is 1.18 bits per heavy atom. The summed E-state index contributed by atoms with van der Waals surface area (Å²) in [6, 6.07) is 0. The van der Waals surface area contributed by atoms with Gasteiger partial charge >= 0.3 is 11.9 Å². The number of hydrogen-bond donors (Lipinski definition) is 0. The molecule has 8 heteroatoms. The van der Waals surface area contributed by atoms with Crippen molar-refractivity contribution in [2.24, 2.45) is 11.8 Å². The van der Waals surface area contributed by atoms with E-state index in [0.717, 1.165) is 0 Å². The average Bonchev–Trinajstić information content (AvgIpc) is 2.74. The maximum Gasteiger partial charge on any atom is 0.333 e. The number of carbonyl (C=O) groups is 2. The van der Waals surface area contributed by atoms with Gasteiger partial charge in [-0.15, -0.1) is 23.2 Å². The van der Waals surface area contributed by atoms with E-state index in [0.29, 0.717) is 0 Å². The molecule has 0 aromatic rings. The molecule has 0 bridgehead atoms. The van der Waals surface area contributed by atoms with Crippen LogP contribution in [0.1, 0.15) is 20.8 Å². The Kier molecular flexibility index (Phi) is 4.02. The van der Waals surface area contributed by atoms with Crippen molar-refractivity contribution in [2.75, 3.05) is 21.3 Å². The Balaban J connectivity index is 2.81. The normalized spacial score (nSPS) is 41.9. The summed E-state index contributed by atoms with van der Waals surface area (Å²) in [5, 5.41) is 0. The summed E-state index contributed by atoms with van der Waals surface area (Å²) < 4.78 is 21.2. The summed E-state index contributed by atoms with van der Waals surface area (Å²) in [4.78, 5) is 21.4. The second-order valence-electron chi connectivity index (χ2n) is 6.20. The average molecular weight is 355 g/mol. The number of cyclic esters (lactones) is 1. The van der Waals surface area contributed by atoms with Crippen molar-refractivity contribution in [3.05, 3.63) is 0 Å². The molecule has 126 valence electrons. The highest BCUT2D eigenvalue weighted by Crippen LogP contribution is 2.68. The van der Waals surface area contributed by atoms with Gasteiger partial charge in [-0.25, -0.2) is 9.59 Å². The predicted octanol–water partition coefficient (Wildman–Crippen LogP) is 1.70. The van der Waals surface area contributed by atoms with Crippen LogP contribution in [0.2, 0.25) is 0 Å². The fourth-order valence-corrected chi connectivity index (χ4v) is 5.56. The molecule has 0 amide bonds. The lowest BCUT2D eigenvalue weighted by Gasteiger charge is -2.43. The van der Waals surface area contributed by atoms with Crippen molar-refractivity contribution in [3.8, 4) is 0 Å². The molecule has 6 nitrogen and oxygen atoms in total. The summed E-state index contributed by atoms with van der Waals surface area (Å²) in [5.41, 5.74) is -0.939. The summed E-state index contributed by atoms with van der Waals surface area (Å²) >= 11 is 13.4. The van der Waals surface area contributed by atoms with E-state index in [1.807, 2.05) is 0 Å². The zero-order valence-corrected chi connectivity index (χ0v) is 14.9. The first-order valence-corrected chi connectivity index (χ1v) is 7.56. The lowest BCUT2D eigenvalue weighted by Crippen LogP contribution is -2.66. The molecule has 0 radical (unpaired) electrons. The first-order valence-electron chi connectivity index (χ1n) is 6.81. The summed E-state index contributed by atoms with van der Waals surface area (Å²) in [5.74, 6) is -4.66. The van der Waals surface area contributed by atoms with Crippen molar-refractivity contribution < 1.29 is 28.5 Å². The number of alkyl halides is 2. The SMILES string of the molecule is COC(=O)[C@]1(Cl)[C@@H](C)C2C(C)(C)OC(=O)[C@]2(Cl)C1(OC)OC. The van der Waals surface area contributed by atoms with E-state index in [4.69, 9.17) is 42.1 Å². The number of carbonyl (C=O) groups excluding carboxylic acids is 2. The zero-order chi connectivity index (χ0) is 17.1. The Hall–Kier alpha value is -0.560. The Labute approximate surface area is 139 Å². The molecule has 1 aliphatic carbocycles. The van der Waals surface area contributed by atoms with Gasteiger partial charge in [0.05, 0.1) is 7.11 Å². The number of fused-ring (bicyclic) bond motifs is 1. The highest BCUT2D eigenvalue weighted by molar-refractivity contribution is 6.42. The number of esters is 2. The molecule has 1 saturated carbocycles. The molecular formula is C14H20Cl2O6. The number of ether oxygens (including phenoxy) is 4. The molecule has 1 saturated heterocycles. The maximum absolute atomic E-state index is 12.5. The minimum absolute atomic E-state index is 0.611. The van der Waals surface area contributed by atoms with Crippen LogP contribution in [0.15, 0.2) is 0 Å². The molecule has 2 rings (SSSR count). The summed E-state index contributed by atoms with van der Waals surface area (Å²) in [6.45, 7) is 5.13. The van der Waals surface area contributed by atoms with Crippen molar-refractivity contribution in [1.29, 1.82) is 0 Å². The lowest BCUT2D eigenvalue weighted by atomic mass is 9.78. The van der Waals surface area contributed by atoms with E-state index >= 15 is 0 Å². The minimum atomic E-state index is -1.93. The van der Waals surface area contributed by atoms with Crippen LogP contribution in [0.4, 0.5) is 0 Å². The number of rotatable bonds is 3. The molecule has 1 aliphatic heterocycles. The van der Waals surface area contributed by atoms with Crippen molar-refractivity contribution >= 4 is 35.1 Å². The van der Waals surface area contributed by atoms with Gasteiger partial charge in [-0.3, -0.25) is 0 Å². The van der Waals surface area contributed by atoms with Crippen molar-refractivity contribution in [3.63, 3.8) is 0 Å². The van der Waals surface area contributed by atoms with E-state index in [1.165, 1.54) is 21.3 Å². The quantitative estimate of drug-likeness (QED) is 0.436. The van der Waals surface area contributed by atoms with Gasteiger partial charge in [0.1, 0.15) is 5.60 Å². The third-order valence-corrected chi connectivity index (χ3v) is 6.36. The van der Waals surface area contributed by atoms with Gasteiger partial charge in [0.25, 0.3) is 0 Å². The van der Waals surface area contributed by atoms with Gasteiger partial charge in [-0.2, -0.15) is 0 Å². The van der Waals surface area contributed by atoms with Crippen LogP contribution in [0.25, 0.3) is 0 Å². The molecule has 0 N–H and O–H groups in total. The number of methoxy groups -OCH3 is 3. The second-order valence-corrected chi connectivity index (χ2v) is 7.39. The van der Waals surface area contributed by atoms with Crippen LogP contribution in [0.3, 0.4) is 0 Å². The fourth-order valence-electron chi connectivity index (χ4n) is 4.21. The molecule has 4 atom stereocenters. The topological polar surface area (TPSA) is 71.1 Å². The van der Waals surface area contributed by atoms with Crippen molar-refractivity contribution in [2.45, 2.75) is 41.9 Å². The first kappa shape index (κ1) is 17.8. The first-order chi connectivity index (χ1) is 10.0. The van der Waals surface area contributed by atoms with E-state index in [9.17, 15) is 9.59 Å². The largest absolute Gasteiger partial charge is 0.468 e. The van der Waals surface area contributed by atoms with Gasteiger partial charge in [0.15, 0.2) is 0 Å². The van der Waals surface area contributed by atoms with E-state index in [1.54, 1.807) is 20.8 Å². The van der Waals surface area contributed by atoms with Gasteiger partial charge in [-0.05, 0) is 13.8 Å². The van der Waals surface area contributed by atoms with E-state index in [-0.39, 0.29) is 0 Å². The highest BCUT2D eigenvalue weighted by atomic mass is 35.5.